The lowest BCUT2D eigenvalue weighted by atomic mass is 10.00. The number of ketones is 1. The van der Waals surface area contributed by atoms with E-state index in [4.69, 9.17) is 22.9 Å². The molecular weight excluding hydrogens is 428 g/mol. The second kappa shape index (κ2) is 8.20. The molecule has 0 saturated heterocycles. The molecule has 0 atom stereocenters. The van der Waals surface area contributed by atoms with Gasteiger partial charge in [-0.25, -0.2) is 4.90 Å². The molecule has 7 nitrogen and oxygen atoms in total. The number of nitrogens with zero attached hydrogens (tertiary/aromatic N) is 2. The molecule has 0 aromatic heterocycles. The third-order valence-electron chi connectivity index (χ3n) is 5.19. The van der Waals surface area contributed by atoms with Crippen molar-refractivity contribution >= 4 is 46.8 Å². The van der Waals surface area contributed by atoms with Gasteiger partial charge in [0, 0.05) is 11.1 Å². The van der Waals surface area contributed by atoms with Crippen LogP contribution in [0.15, 0.2) is 65.8 Å². The molecule has 1 heterocycles. The highest BCUT2D eigenvalue weighted by Gasteiger charge is 2.39. The van der Waals surface area contributed by atoms with Crippen molar-refractivity contribution in [1.82, 2.24) is 0 Å². The van der Waals surface area contributed by atoms with Gasteiger partial charge in [0.1, 0.15) is 0 Å². The number of fused-ring (bicyclic) bond motifs is 1. The molecule has 4 rings (SSSR count). The van der Waals surface area contributed by atoms with Gasteiger partial charge >= 0.3 is 0 Å². The van der Waals surface area contributed by atoms with E-state index in [0.29, 0.717) is 0 Å². The Labute approximate surface area is 188 Å². The van der Waals surface area contributed by atoms with Gasteiger partial charge in [0.05, 0.1) is 33.8 Å². The molecule has 1 aliphatic rings. The molecule has 3 aromatic rings. The number of hydrogen-bond acceptors (Lipinski definition) is 6. The van der Waals surface area contributed by atoms with E-state index in [1.165, 1.54) is 19.1 Å². The number of carbonyl (C=O) groups excluding carboxylic acids is 3. The third-order valence-corrected chi connectivity index (χ3v) is 5.51. The van der Waals surface area contributed by atoms with Crippen molar-refractivity contribution in [2.75, 3.05) is 4.90 Å². The number of nitrogens with two attached hydrogens (primary N) is 1. The highest BCUT2D eigenvalue weighted by atomic mass is 35.5. The van der Waals surface area contributed by atoms with Crippen molar-refractivity contribution in [3.05, 3.63) is 87.9 Å². The number of rotatable bonds is 5. The van der Waals surface area contributed by atoms with E-state index in [2.05, 4.69) is 5.10 Å². The Morgan fingerprint density at radius 1 is 0.969 bits per heavy atom. The first-order chi connectivity index (χ1) is 15.3. The lowest BCUT2D eigenvalue weighted by molar-refractivity contribution is 0.0926. The highest BCUT2D eigenvalue weighted by Crippen LogP contribution is 2.36. The number of halogens is 1. The zero-order valence-corrected chi connectivity index (χ0v) is 17.7. The SMILES string of the molecule is CC(=O)c1ccc(-c2ccccc2)cc1N1C(=O)c2cc(Cl)c(C(=N)C=NN)cc2C1=O. The quantitative estimate of drug-likeness (QED) is 0.200. The normalized spacial score (nSPS) is 13.0. The second-order valence-electron chi connectivity index (χ2n) is 7.17. The number of nitrogens with one attached hydrogen (secondary N) is 1. The van der Waals surface area contributed by atoms with E-state index in [9.17, 15) is 14.4 Å². The van der Waals surface area contributed by atoms with Crippen molar-refractivity contribution in [2.45, 2.75) is 6.92 Å². The Morgan fingerprint density at radius 2 is 1.62 bits per heavy atom. The summed E-state index contributed by atoms with van der Waals surface area (Å²) in [6.07, 6.45) is 1.09. The third kappa shape index (κ3) is 3.48. The number of amides is 2. The molecule has 158 valence electrons. The molecule has 0 aliphatic carbocycles. The topological polar surface area (TPSA) is 117 Å². The van der Waals surface area contributed by atoms with Gasteiger partial charge in [-0.05, 0) is 42.3 Å². The van der Waals surface area contributed by atoms with Gasteiger partial charge in [0.2, 0.25) is 0 Å². The highest BCUT2D eigenvalue weighted by molar-refractivity contribution is 6.45. The molecule has 0 fully saturated rings. The van der Waals surface area contributed by atoms with Gasteiger partial charge in [-0.3, -0.25) is 19.8 Å². The van der Waals surface area contributed by atoms with E-state index >= 15 is 0 Å². The van der Waals surface area contributed by atoms with Crippen molar-refractivity contribution in [3.63, 3.8) is 0 Å². The number of anilines is 1. The first-order valence-corrected chi connectivity index (χ1v) is 9.96. The molecule has 2 amide bonds. The summed E-state index contributed by atoms with van der Waals surface area (Å²) in [5.41, 5.74) is 2.36. The van der Waals surface area contributed by atoms with Crippen LogP contribution in [0.25, 0.3) is 11.1 Å². The van der Waals surface area contributed by atoms with E-state index in [1.54, 1.807) is 18.2 Å². The molecule has 0 unspecified atom stereocenters. The average Bonchev–Trinajstić information content (AvgIpc) is 3.02. The van der Waals surface area contributed by atoms with Gasteiger partial charge in [-0.15, -0.1) is 0 Å². The Kier molecular flexibility index (Phi) is 5.42. The molecule has 0 bridgehead atoms. The predicted octanol–water partition coefficient (Wildman–Crippen LogP) is 4.32. The van der Waals surface area contributed by atoms with Crippen LogP contribution in [0.2, 0.25) is 5.02 Å². The smallest absolute Gasteiger partial charge is 0.266 e. The maximum absolute atomic E-state index is 13.3. The largest absolute Gasteiger partial charge is 0.323 e. The predicted molar refractivity (Wildman–Crippen MR) is 124 cm³/mol. The maximum atomic E-state index is 13.3. The van der Waals surface area contributed by atoms with E-state index in [1.807, 2.05) is 30.3 Å². The van der Waals surface area contributed by atoms with Gasteiger partial charge < -0.3 is 5.84 Å². The van der Waals surface area contributed by atoms with E-state index in [0.717, 1.165) is 22.2 Å². The molecule has 0 radical (unpaired) electrons. The van der Waals surface area contributed by atoms with E-state index < -0.39 is 11.8 Å². The number of hydrogen-bond donors (Lipinski definition) is 2. The van der Waals surface area contributed by atoms with Crippen LogP contribution in [-0.2, 0) is 0 Å². The Morgan fingerprint density at radius 3 is 2.25 bits per heavy atom. The van der Waals surface area contributed by atoms with Crippen molar-refractivity contribution in [3.8, 4) is 11.1 Å². The molecular formula is C24H17ClN4O3. The standard InChI is InChI=1S/C24H17ClN4O3/c1-13(30)16-8-7-15(14-5-3-2-4-6-14)9-22(16)29-23(31)17-10-19(21(26)12-28-27)20(25)11-18(17)24(29)32/h2-12,26H,27H2,1H3. The van der Waals surface area contributed by atoms with Crippen LogP contribution in [0.1, 0.15) is 43.6 Å². The lowest BCUT2D eigenvalue weighted by Gasteiger charge is -2.18. The average molecular weight is 445 g/mol. The number of hydrazone groups is 1. The van der Waals surface area contributed by atoms with E-state index in [-0.39, 0.29) is 44.5 Å². The molecule has 32 heavy (non-hydrogen) atoms. The molecule has 3 N–H and O–H groups in total. The van der Waals surface area contributed by atoms with Crippen molar-refractivity contribution in [2.24, 2.45) is 10.9 Å². The zero-order chi connectivity index (χ0) is 23.0. The summed E-state index contributed by atoms with van der Waals surface area (Å²) in [4.78, 5) is 39.8. The number of imide groups is 1. The monoisotopic (exact) mass is 444 g/mol. The fraction of sp³-hybridized carbons (Fsp3) is 0.0417. The first kappa shape index (κ1) is 21.1. The Balaban J connectivity index is 1.86. The summed E-state index contributed by atoms with van der Waals surface area (Å²) in [6, 6.07) is 17.2. The summed E-state index contributed by atoms with van der Waals surface area (Å²) in [5.74, 6) is 3.63. The molecule has 8 heteroatoms. The minimum Gasteiger partial charge on any atom is -0.323 e. The Bertz CT molecular complexity index is 1330. The zero-order valence-electron chi connectivity index (χ0n) is 16.9. The Hall–Kier alpha value is -4.10. The fourth-order valence-electron chi connectivity index (χ4n) is 3.65. The van der Waals surface area contributed by atoms with Gasteiger partial charge in [0.25, 0.3) is 11.8 Å². The van der Waals surface area contributed by atoms with Crippen LogP contribution in [0, 0.1) is 5.41 Å². The summed E-state index contributed by atoms with van der Waals surface area (Å²) in [7, 11) is 0. The minimum atomic E-state index is -0.604. The summed E-state index contributed by atoms with van der Waals surface area (Å²) in [5, 5.41) is 11.4. The van der Waals surface area contributed by atoms with Crippen LogP contribution >= 0.6 is 11.6 Å². The van der Waals surface area contributed by atoms with Gasteiger partial charge in [-0.1, -0.05) is 48.0 Å². The van der Waals surface area contributed by atoms with Crippen LogP contribution < -0.4 is 10.7 Å². The summed E-state index contributed by atoms with van der Waals surface area (Å²) in [6.45, 7) is 1.38. The van der Waals surface area contributed by atoms with Gasteiger partial charge in [0.15, 0.2) is 5.78 Å². The number of benzene rings is 3. The first-order valence-electron chi connectivity index (χ1n) is 9.58. The van der Waals surface area contributed by atoms with Gasteiger partial charge in [-0.2, -0.15) is 5.10 Å². The fourth-order valence-corrected chi connectivity index (χ4v) is 3.92. The molecule has 1 aliphatic heterocycles. The number of Topliss-reactive ketones (excluding diaryl/α,β-unsaturated/α-hetero) is 1. The maximum Gasteiger partial charge on any atom is 0.266 e. The summed E-state index contributed by atoms with van der Waals surface area (Å²) >= 11 is 6.25. The van der Waals surface area contributed by atoms with Crippen molar-refractivity contribution in [1.29, 1.82) is 5.41 Å². The molecule has 0 spiro atoms. The van der Waals surface area contributed by atoms with Crippen molar-refractivity contribution < 1.29 is 14.4 Å². The van der Waals surface area contributed by atoms with Crippen LogP contribution in [0.3, 0.4) is 0 Å². The molecule has 0 saturated carbocycles. The lowest BCUT2D eigenvalue weighted by Crippen LogP contribution is -2.30. The van der Waals surface area contributed by atoms with Crippen LogP contribution in [0.5, 0.6) is 0 Å². The number of carbonyl (C=O) groups is 3. The van der Waals surface area contributed by atoms with Crippen LogP contribution in [0.4, 0.5) is 5.69 Å². The molecule has 3 aromatic carbocycles. The second-order valence-corrected chi connectivity index (χ2v) is 7.58. The minimum absolute atomic E-state index is 0.0872. The summed E-state index contributed by atoms with van der Waals surface area (Å²) < 4.78 is 0. The van der Waals surface area contributed by atoms with Crippen LogP contribution in [-0.4, -0.2) is 29.5 Å².